The van der Waals surface area contributed by atoms with Gasteiger partial charge in [-0.25, -0.2) is 0 Å². The third kappa shape index (κ3) is 6.22. The fraction of sp³-hybridized carbons (Fsp3) is 0.500. The Balaban J connectivity index is 0.00000140. The number of hydrogen-bond donors (Lipinski definition) is 1. The molecule has 0 radical (unpaired) electrons. The van der Waals surface area contributed by atoms with Gasteiger partial charge in [-0.3, -0.25) is 4.90 Å². The summed E-state index contributed by atoms with van der Waals surface area (Å²) in [5.74, 6) is 1.72. The maximum absolute atomic E-state index is 3.92. The van der Waals surface area contributed by atoms with Crippen LogP contribution >= 0.6 is 24.8 Å². The highest BCUT2D eigenvalue weighted by molar-refractivity contribution is 5.85. The van der Waals surface area contributed by atoms with Crippen molar-refractivity contribution in [1.82, 2.24) is 10.2 Å². The predicted octanol–water partition coefficient (Wildman–Crippen LogP) is 5.70. The molecule has 1 heterocycles. The Morgan fingerprint density at radius 2 is 1.36 bits per heavy atom. The zero-order chi connectivity index (χ0) is 17.6. The second kappa shape index (κ2) is 11.8. The lowest BCUT2D eigenvalue weighted by atomic mass is 9.78. The first-order chi connectivity index (χ1) is 12.9. The molecule has 4 heteroatoms. The molecule has 2 fully saturated rings. The van der Waals surface area contributed by atoms with Gasteiger partial charge >= 0.3 is 0 Å². The lowest BCUT2D eigenvalue weighted by Crippen LogP contribution is -2.39. The van der Waals surface area contributed by atoms with Gasteiger partial charge < -0.3 is 5.32 Å². The Bertz CT molecular complexity index is 659. The average molecular weight is 421 g/mol. The van der Waals surface area contributed by atoms with Crippen LogP contribution in [0.4, 0.5) is 0 Å². The van der Waals surface area contributed by atoms with Crippen molar-refractivity contribution in [3.63, 3.8) is 0 Å². The van der Waals surface area contributed by atoms with E-state index in [1.807, 2.05) is 0 Å². The Labute approximate surface area is 182 Å². The first-order valence-corrected chi connectivity index (χ1v) is 10.4. The summed E-state index contributed by atoms with van der Waals surface area (Å²) >= 11 is 0. The van der Waals surface area contributed by atoms with Crippen molar-refractivity contribution < 1.29 is 0 Å². The van der Waals surface area contributed by atoms with E-state index < -0.39 is 0 Å². The highest BCUT2D eigenvalue weighted by Gasteiger charge is 2.37. The molecule has 0 spiro atoms. The number of nitrogens with zero attached hydrogens (tertiary/aromatic N) is 1. The molecule has 1 aliphatic heterocycles. The van der Waals surface area contributed by atoms with Gasteiger partial charge in [-0.05, 0) is 23.0 Å². The molecule has 2 aliphatic rings. The Morgan fingerprint density at radius 1 is 0.750 bits per heavy atom. The topological polar surface area (TPSA) is 15.3 Å². The first-order valence-electron chi connectivity index (χ1n) is 10.4. The minimum atomic E-state index is 0. The molecular formula is C24H34Cl2N2. The van der Waals surface area contributed by atoms with Crippen molar-refractivity contribution in [3.05, 3.63) is 71.8 Å². The van der Waals surface area contributed by atoms with Gasteiger partial charge in [-0.2, -0.15) is 0 Å². The molecule has 0 aromatic heterocycles. The van der Waals surface area contributed by atoms with Gasteiger partial charge in [0, 0.05) is 32.2 Å². The van der Waals surface area contributed by atoms with E-state index in [2.05, 4.69) is 70.9 Å². The smallest absolute Gasteiger partial charge is 0.0241 e. The third-order valence-corrected chi connectivity index (χ3v) is 6.36. The van der Waals surface area contributed by atoms with Crippen LogP contribution in [0.3, 0.4) is 0 Å². The standard InChI is InChI=1S/C24H32N2.2ClH/c1-4-10-20(11-5-1)16-25-24-19-26(17-21-12-6-2-7-13-21)18-23(24)22-14-8-3-9-15-22;;/h1-2,4-7,10-13,22-25H,3,8-9,14-19H2;2*1H/t23-,24+;;/m0../s1. The molecule has 1 saturated heterocycles. The van der Waals surface area contributed by atoms with E-state index >= 15 is 0 Å². The Morgan fingerprint density at radius 3 is 2.00 bits per heavy atom. The van der Waals surface area contributed by atoms with Crippen LogP contribution in [-0.4, -0.2) is 24.0 Å². The van der Waals surface area contributed by atoms with Gasteiger partial charge in [0.05, 0.1) is 0 Å². The molecule has 28 heavy (non-hydrogen) atoms. The quantitative estimate of drug-likeness (QED) is 0.644. The molecule has 2 aromatic carbocycles. The summed E-state index contributed by atoms with van der Waals surface area (Å²) in [6, 6.07) is 22.5. The molecule has 154 valence electrons. The van der Waals surface area contributed by atoms with Crippen molar-refractivity contribution in [2.24, 2.45) is 11.8 Å². The lowest BCUT2D eigenvalue weighted by Gasteiger charge is -2.31. The molecule has 0 unspecified atom stereocenters. The van der Waals surface area contributed by atoms with Gasteiger partial charge in [0.1, 0.15) is 0 Å². The second-order valence-electron chi connectivity index (χ2n) is 8.21. The molecular weight excluding hydrogens is 387 g/mol. The highest BCUT2D eigenvalue weighted by Crippen LogP contribution is 2.36. The van der Waals surface area contributed by atoms with Gasteiger partial charge in [-0.15, -0.1) is 24.8 Å². The fourth-order valence-corrected chi connectivity index (χ4v) is 4.98. The molecule has 0 bridgehead atoms. The zero-order valence-electron chi connectivity index (χ0n) is 16.6. The maximum Gasteiger partial charge on any atom is 0.0241 e. The van der Waals surface area contributed by atoms with Crippen molar-refractivity contribution >= 4 is 24.8 Å². The fourth-order valence-electron chi connectivity index (χ4n) is 4.98. The van der Waals surface area contributed by atoms with Crippen molar-refractivity contribution in [1.29, 1.82) is 0 Å². The monoisotopic (exact) mass is 420 g/mol. The molecule has 0 amide bonds. The van der Waals surface area contributed by atoms with E-state index in [4.69, 9.17) is 0 Å². The number of likely N-dealkylation sites (tertiary alicyclic amines) is 1. The first kappa shape index (κ1) is 23.2. The summed E-state index contributed by atoms with van der Waals surface area (Å²) in [5.41, 5.74) is 2.84. The van der Waals surface area contributed by atoms with Crippen LogP contribution in [0.1, 0.15) is 43.2 Å². The van der Waals surface area contributed by atoms with Crippen LogP contribution in [0.2, 0.25) is 0 Å². The second-order valence-corrected chi connectivity index (χ2v) is 8.21. The minimum absolute atomic E-state index is 0. The van der Waals surface area contributed by atoms with Crippen LogP contribution in [0.25, 0.3) is 0 Å². The number of benzene rings is 2. The van der Waals surface area contributed by atoms with E-state index in [0.29, 0.717) is 6.04 Å². The maximum atomic E-state index is 3.92. The van der Waals surface area contributed by atoms with E-state index in [9.17, 15) is 0 Å². The van der Waals surface area contributed by atoms with Crippen LogP contribution in [0.5, 0.6) is 0 Å². The number of hydrogen-bond acceptors (Lipinski definition) is 2. The highest BCUT2D eigenvalue weighted by atomic mass is 35.5. The molecule has 1 saturated carbocycles. The molecule has 4 rings (SSSR count). The molecule has 2 nitrogen and oxygen atoms in total. The number of halogens is 2. The van der Waals surface area contributed by atoms with Gasteiger partial charge in [0.15, 0.2) is 0 Å². The van der Waals surface area contributed by atoms with Gasteiger partial charge in [0.2, 0.25) is 0 Å². The Kier molecular flexibility index (Phi) is 9.81. The molecule has 2 atom stereocenters. The van der Waals surface area contributed by atoms with Crippen LogP contribution in [0.15, 0.2) is 60.7 Å². The number of nitrogens with one attached hydrogen (secondary N) is 1. The summed E-state index contributed by atoms with van der Waals surface area (Å²) in [6.45, 7) is 4.52. The summed E-state index contributed by atoms with van der Waals surface area (Å²) < 4.78 is 0. The average Bonchev–Trinajstić information content (AvgIpc) is 3.11. The van der Waals surface area contributed by atoms with Crippen molar-refractivity contribution in [3.8, 4) is 0 Å². The van der Waals surface area contributed by atoms with Crippen LogP contribution in [-0.2, 0) is 13.1 Å². The zero-order valence-corrected chi connectivity index (χ0v) is 18.3. The lowest BCUT2D eigenvalue weighted by molar-refractivity contribution is 0.217. The molecule has 1 aliphatic carbocycles. The van der Waals surface area contributed by atoms with E-state index in [0.717, 1.165) is 24.9 Å². The third-order valence-electron chi connectivity index (χ3n) is 6.36. The van der Waals surface area contributed by atoms with E-state index in [1.165, 1.54) is 56.3 Å². The summed E-state index contributed by atoms with van der Waals surface area (Å²) in [4.78, 5) is 2.68. The molecule has 2 aromatic rings. The summed E-state index contributed by atoms with van der Waals surface area (Å²) in [6.07, 6.45) is 7.19. The van der Waals surface area contributed by atoms with Crippen molar-refractivity contribution in [2.45, 2.75) is 51.2 Å². The minimum Gasteiger partial charge on any atom is -0.308 e. The molecule has 1 N–H and O–H groups in total. The van der Waals surface area contributed by atoms with Gasteiger partial charge in [0.25, 0.3) is 0 Å². The normalized spacial score (nSPS) is 23.0. The van der Waals surface area contributed by atoms with Crippen LogP contribution < -0.4 is 5.32 Å². The number of rotatable bonds is 6. The predicted molar refractivity (Wildman–Crippen MR) is 123 cm³/mol. The van der Waals surface area contributed by atoms with Crippen LogP contribution in [0, 0.1) is 11.8 Å². The van der Waals surface area contributed by atoms with Gasteiger partial charge in [-0.1, -0.05) is 92.8 Å². The van der Waals surface area contributed by atoms with E-state index in [1.54, 1.807) is 0 Å². The summed E-state index contributed by atoms with van der Waals surface area (Å²) in [7, 11) is 0. The van der Waals surface area contributed by atoms with Crippen molar-refractivity contribution in [2.75, 3.05) is 13.1 Å². The SMILES string of the molecule is Cl.Cl.c1ccc(CN[C@@H]2CN(Cc3ccccc3)C[C@H]2C2CCCCC2)cc1. The Hall–Kier alpha value is -1.06. The summed E-state index contributed by atoms with van der Waals surface area (Å²) in [5, 5.41) is 3.92. The van der Waals surface area contributed by atoms with E-state index in [-0.39, 0.29) is 24.8 Å². The largest absolute Gasteiger partial charge is 0.308 e.